The molecule has 4 N–H and O–H groups in total. The fourth-order valence-corrected chi connectivity index (χ4v) is 4.05. The highest BCUT2D eigenvalue weighted by Crippen LogP contribution is 2.39. The van der Waals surface area contributed by atoms with Crippen LogP contribution in [-0.2, 0) is 13.0 Å². The van der Waals surface area contributed by atoms with Gasteiger partial charge in [-0.05, 0) is 47.4 Å². The third-order valence-corrected chi connectivity index (χ3v) is 5.59. The molecule has 1 aliphatic rings. The Morgan fingerprint density at radius 3 is 2.79 bits per heavy atom. The summed E-state index contributed by atoms with van der Waals surface area (Å²) in [5.41, 5.74) is 9.80. The highest BCUT2D eigenvalue weighted by molar-refractivity contribution is 5.82. The number of nitrogen functional groups attached to an aromatic ring is 1. The zero-order chi connectivity index (χ0) is 22.9. The number of H-pyrrole nitrogens is 1. The summed E-state index contributed by atoms with van der Waals surface area (Å²) < 4.78 is 27.1. The number of imidazole rings is 1. The highest BCUT2D eigenvalue weighted by atomic mass is 19.1. The molecule has 4 heterocycles. The molecule has 5 rings (SSSR count). The Hall–Kier alpha value is -3.66. The molecule has 9 nitrogen and oxygen atoms in total. The number of nitrogens with two attached hydrogens (primary N) is 1. The summed E-state index contributed by atoms with van der Waals surface area (Å²) in [6, 6.07) is 5.95. The number of aromatic amines is 1. The number of halogens is 1. The van der Waals surface area contributed by atoms with E-state index in [0.29, 0.717) is 48.1 Å². The number of aromatic nitrogens is 5. The lowest BCUT2D eigenvalue weighted by Gasteiger charge is -2.13. The second-order valence-electron chi connectivity index (χ2n) is 8.47. The molecule has 10 heteroatoms. The van der Waals surface area contributed by atoms with Crippen molar-refractivity contribution in [3.05, 3.63) is 48.1 Å². The van der Waals surface area contributed by atoms with Crippen LogP contribution in [0.3, 0.4) is 0 Å². The Kier molecular flexibility index (Phi) is 5.59. The first-order chi connectivity index (χ1) is 16.0. The van der Waals surface area contributed by atoms with E-state index < -0.39 is 6.08 Å². The minimum absolute atomic E-state index is 0.0317. The number of benzene rings is 1. The summed E-state index contributed by atoms with van der Waals surface area (Å²) in [7, 11) is 0. The van der Waals surface area contributed by atoms with E-state index in [2.05, 4.69) is 34.1 Å². The quantitative estimate of drug-likeness (QED) is 0.278. The highest BCUT2D eigenvalue weighted by Gasteiger charge is 2.22. The lowest BCUT2D eigenvalue weighted by Crippen LogP contribution is -2.25. The minimum atomic E-state index is -0.862. The molecule has 0 saturated carbocycles. The number of nitrogens with one attached hydrogen (secondary N) is 2. The van der Waals surface area contributed by atoms with Gasteiger partial charge in [0.15, 0.2) is 28.5 Å². The van der Waals surface area contributed by atoms with Crippen molar-refractivity contribution >= 4 is 17.0 Å². The Balaban J connectivity index is 1.56. The fourth-order valence-electron chi connectivity index (χ4n) is 4.05. The normalized spacial score (nSPS) is 12.8. The van der Waals surface area contributed by atoms with Crippen LogP contribution in [0.2, 0.25) is 0 Å². The number of hydrogen-bond donors (Lipinski definition) is 3. The molecule has 0 unspecified atom stereocenters. The van der Waals surface area contributed by atoms with Gasteiger partial charge in [0.2, 0.25) is 6.79 Å². The Morgan fingerprint density at radius 1 is 1.21 bits per heavy atom. The number of hydrogen-bond acceptors (Lipinski definition) is 7. The maximum Gasteiger partial charge on any atom is 0.312 e. The van der Waals surface area contributed by atoms with Crippen LogP contribution in [0.1, 0.15) is 25.2 Å². The minimum Gasteiger partial charge on any atom is -0.454 e. The second-order valence-corrected chi connectivity index (χ2v) is 8.47. The van der Waals surface area contributed by atoms with Crippen molar-refractivity contribution in [1.29, 1.82) is 0 Å². The molecule has 172 valence electrons. The van der Waals surface area contributed by atoms with E-state index in [1.54, 1.807) is 0 Å². The Morgan fingerprint density at radius 2 is 2.03 bits per heavy atom. The van der Waals surface area contributed by atoms with Crippen molar-refractivity contribution in [3.63, 3.8) is 0 Å². The molecule has 0 spiro atoms. The monoisotopic (exact) mass is 451 g/mol. The van der Waals surface area contributed by atoms with Crippen molar-refractivity contribution < 1.29 is 13.9 Å². The van der Waals surface area contributed by atoms with Crippen LogP contribution in [0.25, 0.3) is 22.3 Å². The molecule has 33 heavy (non-hydrogen) atoms. The Bertz CT molecular complexity index is 1280. The molecule has 0 saturated heterocycles. The molecular formula is C23H26FN7O2. The van der Waals surface area contributed by atoms with E-state index >= 15 is 0 Å². The van der Waals surface area contributed by atoms with Gasteiger partial charge in [0, 0.05) is 31.9 Å². The van der Waals surface area contributed by atoms with E-state index in [1.807, 2.05) is 35.2 Å². The molecule has 4 aromatic rings. The molecule has 0 fully saturated rings. The van der Waals surface area contributed by atoms with Gasteiger partial charge in [-0.15, -0.1) is 0 Å². The predicted molar refractivity (Wildman–Crippen MR) is 123 cm³/mol. The average Bonchev–Trinajstić information content (AvgIpc) is 3.51. The zero-order valence-corrected chi connectivity index (χ0v) is 18.6. The third kappa shape index (κ3) is 4.21. The van der Waals surface area contributed by atoms with Crippen molar-refractivity contribution in [1.82, 2.24) is 29.8 Å². The summed E-state index contributed by atoms with van der Waals surface area (Å²) in [5.74, 6) is 2.68. The van der Waals surface area contributed by atoms with Crippen molar-refractivity contribution in [2.45, 2.75) is 26.8 Å². The number of ether oxygens (including phenoxy) is 2. The van der Waals surface area contributed by atoms with Gasteiger partial charge in [-0.25, -0.2) is 4.98 Å². The van der Waals surface area contributed by atoms with Gasteiger partial charge < -0.3 is 30.1 Å². The molecule has 1 aromatic carbocycles. The predicted octanol–water partition coefficient (Wildman–Crippen LogP) is 3.11. The molecule has 0 atom stereocenters. The average molecular weight is 452 g/mol. The first kappa shape index (κ1) is 21.2. The molecule has 0 bridgehead atoms. The third-order valence-electron chi connectivity index (χ3n) is 5.59. The molecular weight excluding hydrogens is 425 g/mol. The summed E-state index contributed by atoms with van der Waals surface area (Å²) in [6.45, 7) is 6.63. The number of anilines is 1. The topological polar surface area (TPSA) is 116 Å². The Labute approximate surface area is 190 Å². The standard InChI is InChI=1S/C23H26FN7O2/c1-13(2)10-27-5-6-31-19(28-20-21(25)29-23(24)30-22(20)31)8-15-7-17-18(33-12-32-17)9-16(15)14-3-4-26-11-14/h3-4,7,9,11,13,26-27H,5-6,8,10,12H2,1-2H3,(H2,25,29,30). The van der Waals surface area contributed by atoms with Crippen LogP contribution in [0.4, 0.5) is 10.2 Å². The summed E-state index contributed by atoms with van der Waals surface area (Å²) >= 11 is 0. The maximum atomic E-state index is 14.0. The van der Waals surface area contributed by atoms with Gasteiger partial charge in [0.05, 0.1) is 0 Å². The van der Waals surface area contributed by atoms with Crippen molar-refractivity contribution in [3.8, 4) is 22.6 Å². The van der Waals surface area contributed by atoms with Gasteiger partial charge >= 0.3 is 6.08 Å². The SMILES string of the molecule is CC(C)CNCCn1c(Cc2cc3c(cc2-c2cc[nH]c2)OCO3)nc2c(N)nc(F)nc21. The van der Waals surface area contributed by atoms with E-state index in [0.717, 1.165) is 29.1 Å². The zero-order valence-electron chi connectivity index (χ0n) is 18.6. The largest absolute Gasteiger partial charge is 0.454 e. The van der Waals surface area contributed by atoms with Gasteiger partial charge in [0.25, 0.3) is 0 Å². The van der Waals surface area contributed by atoms with E-state index in [4.69, 9.17) is 20.2 Å². The van der Waals surface area contributed by atoms with Gasteiger partial charge in [0.1, 0.15) is 5.82 Å². The number of fused-ring (bicyclic) bond motifs is 2. The smallest absolute Gasteiger partial charge is 0.312 e. The van der Waals surface area contributed by atoms with E-state index in [9.17, 15) is 4.39 Å². The lowest BCUT2D eigenvalue weighted by atomic mass is 9.98. The van der Waals surface area contributed by atoms with E-state index in [1.165, 1.54) is 0 Å². The van der Waals surface area contributed by atoms with E-state index in [-0.39, 0.29) is 12.6 Å². The van der Waals surface area contributed by atoms with Crippen molar-refractivity contribution in [2.75, 3.05) is 25.6 Å². The lowest BCUT2D eigenvalue weighted by molar-refractivity contribution is 0.174. The van der Waals surface area contributed by atoms with Crippen LogP contribution in [0.5, 0.6) is 11.5 Å². The molecule has 3 aromatic heterocycles. The number of rotatable bonds is 8. The summed E-state index contributed by atoms with van der Waals surface area (Å²) in [6.07, 6.45) is 3.41. The molecule has 0 aliphatic carbocycles. The van der Waals surface area contributed by atoms with Gasteiger partial charge in [-0.2, -0.15) is 14.4 Å². The van der Waals surface area contributed by atoms with Crippen LogP contribution in [-0.4, -0.2) is 44.4 Å². The molecule has 1 aliphatic heterocycles. The van der Waals surface area contributed by atoms with Crippen LogP contribution < -0.4 is 20.5 Å². The van der Waals surface area contributed by atoms with Crippen LogP contribution in [0, 0.1) is 12.0 Å². The number of nitrogens with zero attached hydrogens (tertiary/aromatic N) is 4. The van der Waals surface area contributed by atoms with Crippen LogP contribution >= 0.6 is 0 Å². The first-order valence-electron chi connectivity index (χ1n) is 10.9. The maximum absolute atomic E-state index is 14.0. The molecule has 0 amide bonds. The fraction of sp³-hybridized carbons (Fsp3) is 0.348. The van der Waals surface area contributed by atoms with Gasteiger partial charge in [-0.3, -0.25) is 0 Å². The summed E-state index contributed by atoms with van der Waals surface area (Å²) in [4.78, 5) is 15.5. The molecule has 0 radical (unpaired) electrons. The van der Waals surface area contributed by atoms with Crippen molar-refractivity contribution in [2.24, 2.45) is 5.92 Å². The van der Waals surface area contributed by atoms with Crippen LogP contribution in [0.15, 0.2) is 30.6 Å². The second kappa shape index (κ2) is 8.70. The first-order valence-corrected chi connectivity index (χ1v) is 10.9. The van der Waals surface area contributed by atoms with Gasteiger partial charge in [-0.1, -0.05) is 13.8 Å². The summed E-state index contributed by atoms with van der Waals surface area (Å²) in [5, 5.41) is 3.42.